The molecule has 5 N–H and O–H groups in total. The summed E-state index contributed by atoms with van der Waals surface area (Å²) in [5.74, 6) is -1.32. The molecule has 228 valence electrons. The van der Waals surface area contributed by atoms with Crippen LogP contribution in [0.25, 0.3) is 0 Å². The smallest absolute Gasteiger partial charge is 0.335 e. The highest BCUT2D eigenvalue weighted by molar-refractivity contribution is 5.99. The number of aromatic carboxylic acids is 1. The van der Waals surface area contributed by atoms with Crippen LogP contribution in [0.3, 0.4) is 0 Å². The second-order valence-electron chi connectivity index (χ2n) is 12.7. The molecule has 3 aliphatic heterocycles. The number of anilines is 2. The highest BCUT2D eigenvalue weighted by Gasteiger charge is 2.51. The predicted octanol–water partition coefficient (Wildman–Crippen LogP) is 2.59. The zero-order valence-electron chi connectivity index (χ0n) is 24.7. The lowest BCUT2D eigenvalue weighted by molar-refractivity contribution is -0.151. The molecule has 2 aromatic carbocycles. The van der Waals surface area contributed by atoms with Gasteiger partial charge < -0.3 is 35.8 Å². The van der Waals surface area contributed by atoms with Crippen LogP contribution in [0.1, 0.15) is 53.2 Å². The Hall–Kier alpha value is -4.12. The normalized spacial score (nSPS) is 22.1. The first-order chi connectivity index (χ1) is 20.6. The number of nitrogens with zero attached hydrogens (tertiary/aromatic N) is 4. The van der Waals surface area contributed by atoms with Gasteiger partial charge in [0.15, 0.2) is 5.96 Å². The summed E-state index contributed by atoms with van der Waals surface area (Å²) in [7, 11) is 2.13. The number of rotatable bonds is 5. The van der Waals surface area contributed by atoms with Crippen molar-refractivity contribution in [2.24, 2.45) is 17.1 Å². The quantitative estimate of drug-likeness (QED) is 0.309. The lowest BCUT2D eigenvalue weighted by Gasteiger charge is -2.53. The Kier molecular flexibility index (Phi) is 7.76. The number of hydrogen-bond donors (Lipinski definition) is 4. The predicted molar refractivity (Wildman–Crippen MR) is 164 cm³/mol. The van der Waals surface area contributed by atoms with E-state index in [-0.39, 0.29) is 34.7 Å². The number of piperazine rings is 1. The average Bonchev–Trinajstić information content (AvgIpc) is 2.99. The van der Waals surface area contributed by atoms with Crippen molar-refractivity contribution < 1.29 is 19.5 Å². The molecule has 1 spiro atoms. The van der Waals surface area contributed by atoms with Crippen LogP contribution in [0.2, 0.25) is 0 Å². The second-order valence-corrected chi connectivity index (χ2v) is 12.7. The fourth-order valence-electron chi connectivity index (χ4n) is 7.45. The molecule has 0 radical (unpaired) electrons. The summed E-state index contributed by atoms with van der Waals surface area (Å²) in [4.78, 5) is 47.8. The summed E-state index contributed by atoms with van der Waals surface area (Å²) in [6.45, 7) is 5.72. The van der Waals surface area contributed by atoms with Crippen molar-refractivity contribution in [3.8, 4) is 0 Å². The maximum Gasteiger partial charge on any atom is 0.335 e. The summed E-state index contributed by atoms with van der Waals surface area (Å²) in [5.41, 5.74) is 9.56. The van der Waals surface area contributed by atoms with Crippen LogP contribution in [0.15, 0.2) is 42.5 Å². The Morgan fingerprint density at radius 1 is 0.953 bits per heavy atom. The van der Waals surface area contributed by atoms with Gasteiger partial charge in [-0.3, -0.25) is 15.0 Å². The fraction of sp³-hybridized carbons (Fsp3) is 0.500. The van der Waals surface area contributed by atoms with E-state index >= 15 is 0 Å². The van der Waals surface area contributed by atoms with E-state index in [1.165, 1.54) is 12.1 Å². The molecule has 4 aliphatic rings. The number of likely N-dealkylation sites (N-methyl/N-ethyl adjacent to an activating group) is 1. The highest BCUT2D eigenvalue weighted by atomic mass is 16.4. The first kappa shape index (κ1) is 29.0. The molecule has 3 heterocycles. The van der Waals surface area contributed by atoms with Gasteiger partial charge in [-0.25, -0.2) is 4.79 Å². The number of carbonyl (C=O) groups excluding carboxylic acids is 2. The van der Waals surface area contributed by atoms with Gasteiger partial charge in [0.25, 0.3) is 5.91 Å². The Balaban J connectivity index is 1.25. The molecule has 1 atom stereocenters. The molecule has 43 heavy (non-hydrogen) atoms. The lowest BCUT2D eigenvalue weighted by Crippen LogP contribution is -2.55. The number of nitrogens with one attached hydrogen (secondary N) is 2. The number of carboxylic acid groups (broad SMARTS) is 1. The van der Waals surface area contributed by atoms with Gasteiger partial charge in [-0.05, 0) is 86.0 Å². The molecule has 11 nitrogen and oxygen atoms in total. The van der Waals surface area contributed by atoms with Gasteiger partial charge in [-0.15, -0.1) is 0 Å². The molecule has 2 saturated heterocycles. The Bertz CT molecular complexity index is 1400. The van der Waals surface area contributed by atoms with Crippen molar-refractivity contribution in [3.05, 3.63) is 59.2 Å². The van der Waals surface area contributed by atoms with Crippen molar-refractivity contribution >= 4 is 35.1 Å². The lowest BCUT2D eigenvalue weighted by atomic mass is 9.57. The van der Waals surface area contributed by atoms with Crippen molar-refractivity contribution in [3.63, 3.8) is 0 Å². The van der Waals surface area contributed by atoms with E-state index in [0.717, 1.165) is 81.8 Å². The molecule has 6 rings (SSSR count). The third-order valence-corrected chi connectivity index (χ3v) is 10.0. The zero-order chi connectivity index (χ0) is 30.3. The van der Waals surface area contributed by atoms with Crippen molar-refractivity contribution in [1.82, 2.24) is 14.7 Å². The van der Waals surface area contributed by atoms with E-state index in [4.69, 9.17) is 11.1 Å². The number of hydrogen-bond acceptors (Lipinski definition) is 6. The second kappa shape index (κ2) is 11.5. The number of carbonyl (C=O) groups is 3. The maximum absolute atomic E-state index is 14.1. The van der Waals surface area contributed by atoms with E-state index in [9.17, 15) is 19.5 Å². The third-order valence-electron chi connectivity index (χ3n) is 10.0. The summed E-state index contributed by atoms with van der Waals surface area (Å²) in [6, 6.07) is 11.4. The molecule has 1 aliphatic carbocycles. The van der Waals surface area contributed by atoms with Crippen LogP contribution in [0, 0.1) is 16.7 Å². The molecular formula is C32H41N7O4. The van der Waals surface area contributed by atoms with E-state index in [1.54, 1.807) is 17.0 Å². The van der Waals surface area contributed by atoms with Gasteiger partial charge >= 0.3 is 5.97 Å². The Morgan fingerprint density at radius 2 is 1.63 bits per heavy atom. The minimum atomic E-state index is -1.03. The topological polar surface area (TPSA) is 146 Å². The minimum Gasteiger partial charge on any atom is -0.478 e. The standard InChI is InChI=1S/C32H41N7O4/c1-36-15-17-37(18-16-36)26-4-2-3-25-24(26)9-12-39(27(25)28(40)35-23-7-5-21(6-8-23)30(42)43)29(41)22-19-32(20-22)10-13-38(14-11-32)31(33)34/h2-8,22,27H,9-20H2,1H3,(H3,33,34)(H,35,40)(H,42,43)/t27-/m0/s1. The van der Waals surface area contributed by atoms with Gasteiger partial charge in [0, 0.05) is 63.1 Å². The first-order valence-electron chi connectivity index (χ1n) is 15.2. The minimum absolute atomic E-state index is 0.0247. The van der Waals surface area contributed by atoms with Crippen LogP contribution < -0.4 is 16.0 Å². The number of carboxylic acids is 1. The number of likely N-dealkylation sites (tertiary alicyclic amines) is 1. The highest BCUT2D eigenvalue weighted by Crippen LogP contribution is 2.53. The third kappa shape index (κ3) is 5.65. The van der Waals surface area contributed by atoms with Gasteiger partial charge in [0.2, 0.25) is 5.91 Å². The molecule has 2 aromatic rings. The van der Waals surface area contributed by atoms with Crippen molar-refractivity contribution in [2.45, 2.75) is 38.1 Å². The van der Waals surface area contributed by atoms with E-state index in [2.05, 4.69) is 28.2 Å². The molecule has 0 aromatic heterocycles. The van der Waals surface area contributed by atoms with Gasteiger partial charge in [-0.2, -0.15) is 0 Å². The van der Waals surface area contributed by atoms with Crippen LogP contribution >= 0.6 is 0 Å². The molecule has 2 amide bonds. The molecule has 0 bridgehead atoms. The van der Waals surface area contributed by atoms with Crippen LogP contribution in [-0.2, 0) is 16.0 Å². The Labute approximate surface area is 252 Å². The first-order valence-corrected chi connectivity index (χ1v) is 15.2. The summed E-state index contributed by atoms with van der Waals surface area (Å²) >= 11 is 0. The number of benzene rings is 2. The van der Waals surface area contributed by atoms with E-state index < -0.39 is 12.0 Å². The van der Waals surface area contributed by atoms with Gasteiger partial charge in [0.1, 0.15) is 6.04 Å². The molecule has 11 heteroatoms. The van der Waals surface area contributed by atoms with Crippen molar-refractivity contribution in [1.29, 1.82) is 5.41 Å². The average molecular weight is 588 g/mol. The van der Waals surface area contributed by atoms with E-state index in [1.807, 2.05) is 17.0 Å². The summed E-state index contributed by atoms with van der Waals surface area (Å²) in [6.07, 6.45) is 4.13. The fourth-order valence-corrected chi connectivity index (χ4v) is 7.45. The molecular weight excluding hydrogens is 546 g/mol. The molecule has 3 fully saturated rings. The van der Waals surface area contributed by atoms with Gasteiger partial charge in [-0.1, -0.05) is 12.1 Å². The molecule has 0 unspecified atom stereocenters. The molecule has 1 saturated carbocycles. The maximum atomic E-state index is 14.1. The largest absolute Gasteiger partial charge is 0.478 e. The summed E-state index contributed by atoms with van der Waals surface area (Å²) < 4.78 is 0. The van der Waals surface area contributed by atoms with Crippen LogP contribution in [0.4, 0.5) is 11.4 Å². The number of nitrogens with two attached hydrogens (primary N) is 1. The van der Waals surface area contributed by atoms with Crippen LogP contribution in [-0.4, -0.2) is 96.4 Å². The van der Waals surface area contributed by atoms with Crippen molar-refractivity contribution in [2.75, 3.05) is 63.1 Å². The number of piperidine rings is 1. The zero-order valence-corrected chi connectivity index (χ0v) is 24.7. The number of guanidine groups is 1. The number of amides is 2. The Morgan fingerprint density at radius 3 is 2.26 bits per heavy atom. The van der Waals surface area contributed by atoms with E-state index in [0.29, 0.717) is 18.7 Å². The monoisotopic (exact) mass is 587 g/mol. The summed E-state index contributed by atoms with van der Waals surface area (Å²) in [5, 5.41) is 20.0. The number of fused-ring (bicyclic) bond motifs is 1. The van der Waals surface area contributed by atoms with Crippen LogP contribution in [0.5, 0.6) is 0 Å². The van der Waals surface area contributed by atoms with Gasteiger partial charge in [0.05, 0.1) is 5.56 Å². The SMILES string of the molecule is CN1CCN(c2cccc3c2CCN(C(=O)C2CC4(CCN(C(=N)N)CC4)C2)[C@@H]3C(=O)Nc2ccc(C(=O)O)cc2)CC1.